The second kappa shape index (κ2) is 12.6. The number of methoxy groups -OCH3 is 1. The molecule has 1 atom stereocenters. The number of sulfonamides is 1. The summed E-state index contributed by atoms with van der Waals surface area (Å²) in [5, 5.41) is 11.5. The van der Waals surface area contributed by atoms with Gasteiger partial charge in [-0.2, -0.15) is 0 Å². The van der Waals surface area contributed by atoms with Crippen molar-refractivity contribution in [2.75, 3.05) is 20.2 Å². The molecule has 0 bridgehead atoms. The SMILES string of the molecule is CCNC(=NCc1ccc(S(N)(=O)=O)cc1)NCC(C)Oc1cccc(OC)c1.I. The average Bonchev–Trinajstić information content (AvgIpc) is 2.70. The van der Waals surface area contributed by atoms with Crippen LogP contribution in [0, 0.1) is 0 Å². The molecule has 0 aromatic heterocycles. The maximum absolute atomic E-state index is 11.3. The van der Waals surface area contributed by atoms with Gasteiger partial charge in [0, 0.05) is 12.6 Å². The van der Waals surface area contributed by atoms with Crippen LogP contribution in [0.2, 0.25) is 0 Å². The summed E-state index contributed by atoms with van der Waals surface area (Å²) in [6, 6.07) is 13.8. The summed E-state index contributed by atoms with van der Waals surface area (Å²) in [7, 11) is -2.07. The maximum Gasteiger partial charge on any atom is 0.238 e. The lowest BCUT2D eigenvalue weighted by Gasteiger charge is -2.18. The Bertz CT molecular complexity index is 921. The number of aliphatic imine (C=N–C) groups is 1. The van der Waals surface area contributed by atoms with Crippen molar-refractivity contribution in [3.63, 3.8) is 0 Å². The van der Waals surface area contributed by atoms with Gasteiger partial charge in [0.05, 0.1) is 25.1 Å². The molecule has 0 amide bonds. The van der Waals surface area contributed by atoms with Gasteiger partial charge in [-0.05, 0) is 43.7 Å². The fourth-order valence-corrected chi connectivity index (χ4v) is 3.00. The van der Waals surface area contributed by atoms with Crippen molar-refractivity contribution in [1.82, 2.24) is 10.6 Å². The first-order chi connectivity index (χ1) is 13.8. The zero-order valence-corrected chi connectivity index (χ0v) is 20.4. The van der Waals surface area contributed by atoms with Gasteiger partial charge in [0.25, 0.3) is 0 Å². The smallest absolute Gasteiger partial charge is 0.238 e. The summed E-state index contributed by atoms with van der Waals surface area (Å²) in [5.41, 5.74) is 0.871. The molecule has 2 rings (SSSR count). The van der Waals surface area contributed by atoms with Gasteiger partial charge in [-0.25, -0.2) is 18.5 Å². The molecule has 166 valence electrons. The number of ether oxygens (including phenoxy) is 2. The summed E-state index contributed by atoms with van der Waals surface area (Å²) < 4.78 is 33.7. The number of nitrogens with two attached hydrogens (primary N) is 1. The predicted molar refractivity (Wildman–Crippen MR) is 129 cm³/mol. The minimum absolute atomic E-state index is 0. The van der Waals surface area contributed by atoms with Crippen LogP contribution < -0.4 is 25.2 Å². The van der Waals surface area contributed by atoms with Crippen molar-refractivity contribution in [1.29, 1.82) is 0 Å². The van der Waals surface area contributed by atoms with Crippen LogP contribution in [0.4, 0.5) is 0 Å². The number of benzene rings is 2. The van der Waals surface area contributed by atoms with E-state index in [1.807, 2.05) is 38.1 Å². The quantitative estimate of drug-likeness (QED) is 0.252. The molecule has 0 saturated carbocycles. The largest absolute Gasteiger partial charge is 0.497 e. The fourth-order valence-electron chi connectivity index (χ4n) is 2.49. The van der Waals surface area contributed by atoms with Crippen molar-refractivity contribution in [3.05, 3.63) is 54.1 Å². The molecular formula is C20H29IN4O4S. The maximum atomic E-state index is 11.3. The van der Waals surface area contributed by atoms with E-state index in [0.29, 0.717) is 25.6 Å². The molecule has 0 saturated heterocycles. The fraction of sp³-hybridized carbons (Fsp3) is 0.350. The molecule has 0 fully saturated rings. The lowest BCUT2D eigenvalue weighted by molar-refractivity contribution is 0.223. The summed E-state index contributed by atoms with van der Waals surface area (Å²) >= 11 is 0. The highest BCUT2D eigenvalue weighted by atomic mass is 127. The standard InChI is InChI=1S/C20H28N4O4S.HI/c1-4-22-20(24-14-16-8-10-19(11-9-16)29(21,25)26)23-13-15(2)28-18-7-5-6-17(12-18)27-3;/h5-12,15H,4,13-14H2,1-3H3,(H2,21,25,26)(H2,22,23,24);1H. The normalized spacial score (nSPS) is 12.5. The molecule has 0 heterocycles. The topological polar surface area (TPSA) is 115 Å². The summed E-state index contributed by atoms with van der Waals surface area (Å²) in [6.07, 6.45) is -0.0972. The van der Waals surface area contributed by atoms with Gasteiger partial charge in [-0.1, -0.05) is 18.2 Å². The number of hydrogen-bond donors (Lipinski definition) is 3. The molecule has 30 heavy (non-hydrogen) atoms. The molecule has 0 radical (unpaired) electrons. The minimum Gasteiger partial charge on any atom is -0.497 e. The first-order valence-electron chi connectivity index (χ1n) is 9.26. The predicted octanol–water partition coefficient (Wildman–Crippen LogP) is 2.48. The Morgan fingerprint density at radius 3 is 2.40 bits per heavy atom. The monoisotopic (exact) mass is 548 g/mol. The molecule has 0 aliphatic rings. The summed E-state index contributed by atoms with van der Waals surface area (Å²) in [5.74, 6) is 2.12. The van der Waals surface area contributed by atoms with Crippen LogP contribution in [0.25, 0.3) is 0 Å². The van der Waals surface area contributed by atoms with Crippen LogP contribution >= 0.6 is 24.0 Å². The molecule has 1 unspecified atom stereocenters. The average molecular weight is 548 g/mol. The molecule has 2 aromatic rings. The zero-order chi connectivity index (χ0) is 21.3. The number of guanidine groups is 1. The van der Waals surface area contributed by atoms with Crippen LogP contribution in [-0.4, -0.2) is 40.7 Å². The molecule has 8 nitrogen and oxygen atoms in total. The Kier molecular flexibility index (Phi) is 10.9. The lowest BCUT2D eigenvalue weighted by atomic mass is 10.2. The van der Waals surface area contributed by atoms with Gasteiger partial charge < -0.3 is 20.1 Å². The van der Waals surface area contributed by atoms with E-state index in [0.717, 1.165) is 17.1 Å². The molecule has 4 N–H and O–H groups in total. The van der Waals surface area contributed by atoms with E-state index in [2.05, 4.69) is 15.6 Å². The van der Waals surface area contributed by atoms with Crippen LogP contribution in [0.15, 0.2) is 58.4 Å². The van der Waals surface area contributed by atoms with E-state index in [4.69, 9.17) is 14.6 Å². The van der Waals surface area contributed by atoms with E-state index < -0.39 is 10.0 Å². The number of nitrogens with zero attached hydrogens (tertiary/aromatic N) is 1. The lowest BCUT2D eigenvalue weighted by Crippen LogP contribution is -2.41. The van der Waals surface area contributed by atoms with Crippen molar-refractivity contribution in [3.8, 4) is 11.5 Å². The Morgan fingerprint density at radius 1 is 1.13 bits per heavy atom. The number of rotatable bonds is 9. The Labute approximate surface area is 195 Å². The first kappa shape index (κ1) is 26.0. The molecule has 0 aliphatic carbocycles. The zero-order valence-electron chi connectivity index (χ0n) is 17.3. The first-order valence-corrected chi connectivity index (χ1v) is 10.8. The molecular weight excluding hydrogens is 519 g/mol. The van der Waals surface area contributed by atoms with Crippen molar-refractivity contribution >= 4 is 40.0 Å². The van der Waals surface area contributed by atoms with Crippen LogP contribution in [-0.2, 0) is 16.6 Å². The van der Waals surface area contributed by atoms with Gasteiger partial charge in [0.15, 0.2) is 5.96 Å². The van der Waals surface area contributed by atoms with E-state index in [-0.39, 0.29) is 35.0 Å². The van der Waals surface area contributed by atoms with Crippen molar-refractivity contribution in [2.24, 2.45) is 10.1 Å². The minimum atomic E-state index is -3.69. The molecule has 2 aromatic carbocycles. The second-order valence-electron chi connectivity index (χ2n) is 6.37. The third-order valence-electron chi connectivity index (χ3n) is 3.95. The Balaban J connectivity index is 0.00000450. The highest BCUT2D eigenvalue weighted by Crippen LogP contribution is 2.19. The van der Waals surface area contributed by atoms with E-state index >= 15 is 0 Å². The van der Waals surface area contributed by atoms with Gasteiger partial charge in [-0.15, -0.1) is 24.0 Å². The molecule has 0 spiro atoms. The van der Waals surface area contributed by atoms with Crippen molar-refractivity contribution in [2.45, 2.75) is 31.4 Å². The summed E-state index contributed by atoms with van der Waals surface area (Å²) in [4.78, 5) is 4.60. The third kappa shape index (κ3) is 8.76. The third-order valence-corrected chi connectivity index (χ3v) is 4.88. The van der Waals surface area contributed by atoms with Crippen molar-refractivity contribution < 1.29 is 17.9 Å². The number of halogens is 1. The highest BCUT2D eigenvalue weighted by Gasteiger charge is 2.08. The van der Waals surface area contributed by atoms with Crippen LogP contribution in [0.1, 0.15) is 19.4 Å². The van der Waals surface area contributed by atoms with Crippen LogP contribution in [0.3, 0.4) is 0 Å². The Morgan fingerprint density at radius 2 is 1.80 bits per heavy atom. The number of nitrogens with one attached hydrogen (secondary N) is 2. The second-order valence-corrected chi connectivity index (χ2v) is 7.93. The van der Waals surface area contributed by atoms with Gasteiger partial charge in [-0.3, -0.25) is 0 Å². The Hall–Kier alpha value is -2.05. The van der Waals surface area contributed by atoms with Gasteiger partial charge in [0.2, 0.25) is 10.0 Å². The van der Waals surface area contributed by atoms with Gasteiger partial charge >= 0.3 is 0 Å². The summed E-state index contributed by atoms with van der Waals surface area (Å²) in [6.45, 7) is 5.59. The molecule has 10 heteroatoms. The van der Waals surface area contributed by atoms with Crippen LogP contribution in [0.5, 0.6) is 11.5 Å². The highest BCUT2D eigenvalue weighted by molar-refractivity contribution is 14.0. The van der Waals surface area contributed by atoms with Gasteiger partial charge in [0.1, 0.15) is 17.6 Å². The van der Waals surface area contributed by atoms with E-state index in [1.165, 1.54) is 12.1 Å². The van der Waals surface area contributed by atoms with E-state index in [1.54, 1.807) is 19.2 Å². The number of hydrogen-bond acceptors (Lipinski definition) is 5. The number of primary sulfonamides is 1. The molecule has 0 aliphatic heterocycles. The van der Waals surface area contributed by atoms with E-state index in [9.17, 15) is 8.42 Å².